The molecule has 0 saturated heterocycles. The summed E-state index contributed by atoms with van der Waals surface area (Å²) in [5, 5.41) is 3.12. The van der Waals surface area contributed by atoms with Crippen LogP contribution in [-0.2, 0) is 10.0 Å². The number of sulfonamides is 1. The monoisotopic (exact) mass is 369 g/mol. The van der Waals surface area contributed by atoms with Crippen LogP contribution in [0.1, 0.15) is 0 Å². The smallest absolute Gasteiger partial charge is 0.261 e. The molecule has 0 fully saturated rings. The summed E-state index contributed by atoms with van der Waals surface area (Å²) in [4.78, 5) is 4.34. The Bertz CT molecular complexity index is 1070. The average molecular weight is 369 g/mol. The van der Waals surface area contributed by atoms with Crippen LogP contribution in [-0.4, -0.2) is 20.5 Å². The lowest BCUT2D eigenvalue weighted by atomic mass is 10.2. The Morgan fingerprint density at radius 3 is 2.58 bits per heavy atom. The van der Waals surface area contributed by atoms with Gasteiger partial charge in [-0.05, 0) is 48.5 Å². The Kier molecular flexibility index (Phi) is 3.89. The molecule has 0 radical (unpaired) electrons. The molecule has 0 amide bonds. The number of benzene rings is 2. The molecule has 2 heterocycles. The molecule has 0 bridgehead atoms. The van der Waals surface area contributed by atoms with E-state index in [1.165, 1.54) is 19.2 Å². The molecule has 2 N–H and O–H groups in total. The fraction of sp³-hybridized carbons (Fsp3) is 0.0556. The average Bonchev–Trinajstić information content (AvgIpc) is 2.66. The van der Waals surface area contributed by atoms with Gasteiger partial charge in [-0.25, -0.2) is 13.4 Å². The first-order valence-corrected chi connectivity index (χ1v) is 9.25. The molecule has 0 unspecified atom stereocenters. The van der Waals surface area contributed by atoms with Crippen molar-refractivity contribution in [3.05, 3.63) is 60.8 Å². The van der Waals surface area contributed by atoms with Gasteiger partial charge in [-0.15, -0.1) is 0 Å². The summed E-state index contributed by atoms with van der Waals surface area (Å²) in [7, 11) is -2.25. The first-order valence-electron chi connectivity index (χ1n) is 7.76. The van der Waals surface area contributed by atoms with Gasteiger partial charge in [-0.3, -0.25) is 4.72 Å². The summed E-state index contributed by atoms with van der Waals surface area (Å²) in [5.41, 5.74) is 0.880. The minimum Gasteiger partial charge on any atom is -0.497 e. The molecule has 3 aromatic rings. The summed E-state index contributed by atoms with van der Waals surface area (Å²) in [5.74, 6) is 2.20. The minimum absolute atomic E-state index is 0.131. The van der Waals surface area contributed by atoms with Crippen molar-refractivity contribution in [1.29, 1.82) is 0 Å². The number of pyridine rings is 1. The van der Waals surface area contributed by atoms with Crippen molar-refractivity contribution in [2.45, 2.75) is 4.90 Å². The Balaban J connectivity index is 1.67. The molecule has 0 spiro atoms. The largest absolute Gasteiger partial charge is 0.497 e. The molecule has 132 valence electrons. The topological polar surface area (TPSA) is 89.6 Å². The maximum atomic E-state index is 12.7. The maximum absolute atomic E-state index is 12.7. The van der Waals surface area contributed by atoms with Crippen molar-refractivity contribution in [1.82, 2.24) is 4.98 Å². The van der Waals surface area contributed by atoms with E-state index in [-0.39, 0.29) is 4.90 Å². The van der Waals surface area contributed by atoms with Crippen LogP contribution < -0.4 is 19.5 Å². The zero-order chi connectivity index (χ0) is 18.1. The predicted molar refractivity (Wildman–Crippen MR) is 97.8 cm³/mol. The predicted octanol–water partition coefficient (Wildman–Crippen LogP) is 3.74. The number of hydrogen-bond acceptors (Lipinski definition) is 6. The van der Waals surface area contributed by atoms with Gasteiger partial charge in [0.25, 0.3) is 10.0 Å². The van der Waals surface area contributed by atoms with Crippen LogP contribution in [0.5, 0.6) is 17.2 Å². The molecule has 1 aliphatic rings. The Hall–Kier alpha value is -3.26. The summed E-state index contributed by atoms with van der Waals surface area (Å²) in [6.07, 6.45) is 1.63. The van der Waals surface area contributed by atoms with Gasteiger partial charge in [0.15, 0.2) is 17.3 Å². The van der Waals surface area contributed by atoms with E-state index in [4.69, 9.17) is 9.47 Å². The van der Waals surface area contributed by atoms with Gasteiger partial charge in [0.2, 0.25) is 0 Å². The number of hydrogen-bond donors (Lipinski definition) is 2. The second kappa shape index (κ2) is 6.23. The minimum atomic E-state index is -3.77. The zero-order valence-electron chi connectivity index (χ0n) is 13.8. The van der Waals surface area contributed by atoms with Gasteiger partial charge >= 0.3 is 0 Å². The van der Waals surface area contributed by atoms with Crippen LogP contribution in [0.25, 0.3) is 0 Å². The van der Waals surface area contributed by atoms with E-state index in [2.05, 4.69) is 15.0 Å². The molecule has 1 aromatic heterocycles. The molecule has 8 heteroatoms. The molecule has 0 saturated carbocycles. The van der Waals surface area contributed by atoms with Crippen LogP contribution in [0.2, 0.25) is 0 Å². The number of aromatic nitrogens is 1. The maximum Gasteiger partial charge on any atom is 0.261 e. The lowest BCUT2D eigenvalue weighted by Gasteiger charge is -2.23. The number of anilines is 3. The number of fused-ring (bicyclic) bond motifs is 2. The second-order valence-electron chi connectivity index (χ2n) is 5.54. The Morgan fingerprint density at radius 2 is 1.81 bits per heavy atom. The highest BCUT2D eigenvalue weighted by Gasteiger charge is 2.23. The van der Waals surface area contributed by atoms with Gasteiger partial charge in [0, 0.05) is 6.20 Å². The molecule has 1 aliphatic heterocycles. The normalized spacial score (nSPS) is 12.2. The third-order valence-corrected chi connectivity index (χ3v) is 5.26. The third kappa shape index (κ3) is 2.91. The van der Waals surface area contributed by atoms with E-state index in [9.17, 15) is 8.42 Å². The number of methoxy groups -OCH3 is 1. The summed E-state index contributed by atoms with van der Waals surface area (Å²) in [6, 6.07) is 14.8. The van der Waals surface area contributed by atoms with E-state index in [0.29, 0.717) is 34.4 Å². The van der Waals surface area contributed by atoms with Crippen LogP contribution in [0, 0.1) is 0 Å². The summed E-state index contributed by atoms with van der Waals surface area (Å²) >= 11 is 0. The molecule has 0 aliphatic carbocycles. The first kappa shape index (κ1) is 16.2. The third-order valence-electron chi connectivity index (χ3n) is 3.87. The number of nitrogens with zero attached hydrogens (tertiary/aromatic N) is 1. The summed E-state index contributed by atoms with van der Waals surface area (Å²) in [6.45, 7) is 0. The van der Waals surface area contributed by atoms with E-state index in [1.54, 1.807) is 48.7 Å². The van der Waals surface area contributed by atoms with Crippen molar-refractivity contribution in [2.75, 3.05) is 17.1 Å². The van der Waals surface area contributed by atoms with E-state index >= 15 is 0 Å². The molecule has 4 rings (SSSR count). The van der Waals surface area contributed by atoms with Crippen LogP contribution >= 0.6 is 0 Å². The molecule has 7 nitrogen and oxygen atoms in total. The van der Waals surface area contributed by atoms with Crippen LogP contribution in [0.3, 0.4) is 0 Å². The number of ether oxygens (including phenoxy) is 2. The molecule has 0 atom stereocenters. The van der Waals surface area contributed by atoms with Gasteiger partial charge in [-0.2, -0.15) is 0 Å². The highest BCUT2D eigenvalue weighted by atomic mass is 32.2. The van der Waals surface area contributed by atoms with E-state index in [0.717, 1.165) is 0 Å². The highest BCUT2D eigenvalue weighted by Crippen LogP contribution is 2.44. The lowest BCUT2D eigenvalue weighted by molar-refractivity contribution is 0.414. The van der Waals surface area contributed by atoms with Crippen molar-refractivity contribution in [2.24, 2.45) is 0 Å². The zero-order valence-corrected chi connectivity index (χ0v) is 14.6. The van der Waals surface area contributed by atoms with Crippen LogP contribution in [0.15, 0.2) is 65.7 Å². The van der Waals surface area contributed by atoms with E-state index < -0.39 is 10.0 Å². The fourth-order valence-electron chi connectivity index (χ4n) is 2.59. The van der Waals surface area contributed by atoms with Gasteiger partial charge in [0.1, 0.15) is 11.4 Å². The fourth-order valence-corrected chi connectivity index (χ4v) is 3.66. The molecule has 2 aromatic carbocycles. The molecular formula is C18H15N3O4S. The number of nitrogens with one attached hydrogen (secondary N) is 2. The van der Waals surface area contributed by atoms with Crippen molar-refractivity contribution in [3.8, 4) is 17.2 Å². The van der Waals surface area contributed by atoms with Gasteiger partial charge in [-0.1, -0.05) is 6.07 Å². The first-order chi connectivity index (χ1) is 12.6. The Labute approximate surface area is 150 Å². The molecule has 26 heavy (non-hydrogen) atoms. The summed E-state index contributed by atoms with van der Waals surface area (Å²) < 4.78 is 38.8. The van der Waals surface area contributed by atoms with Crippen LogP contribution in [0.4, 0.5) is 17.2 Å². The second-order valence-corrected chi connectivity index (χ2v) is 7.22. The highest BCUT2D eigenvalue weighted by molar-refractivity contribution is 7.92. The van der Waals surface area contributed by atoms with E-state index in [1.807, 2.05) is 0 Å². The van der Waals surface area contributed by atoms with Crippen molar-refractivity contribution < 1.29 is 17.9 Å². The van der Waals surface area contributed by atoms with Gasteiger partial charge in [0.05, 0.1) is 17.7 Å². The Morgan fingerprint density at radius 1 is 1.04 bits per heavy atom. The molecular weight excluding hydrogens is 354 g/mol. The SMILES string of the molecule is COc1ccc(S(=O)(=O)Nc2cccc3c2Nc2ncccc2O3)cc1. The lowest BCUT2D eigenvalue weighted by Crippen LogP contribution is -2.15. The van der Waals surface area contributed by atoms with Crippen molar-refractivity contribution in [3.63, 3.8) is 0 Å². The van der Waals surface area contributed by atoms with Crippen molar-refractivity contribution >= 4 is 27.2 Å². The van der Waals surface area contributed by atoms with Gasteiger partial charge < -0.3 is 14.8 Å². The number of para-hydroxylation sites is 1. The number of rotatable bonds is 4. The quantitative estimate of drug-likeness (QED) is 0.570. The standard InChI is InChI=1S/C18H15N3O4S/c1-24-12-7-9-13(10-8-12)26(22,23)21-14-4-2-5-15-17(14)20-18-16(25-15)6-3-11-19-18/h2-11,21H,1H3,(H,19,20).